The Hall–Kier alpha value is -2.14. The summed E-state index contributed by atoms with van der Waals surface area (Å²) >= 11 is 13.9. The van der Waals surface area contributed by atoms with Crippen LogP contribution in [0.15, 0.2) is 53.2 Å². The van der Waals surface area contributed by atoms with E-state index in [1.807, 2.05) is 43.3 Å². The molecule has 3 aromatic rings. The number of benzene rings is 2. The number of aliphatic imine (C=N–C) groups is 1. The SMILES string of the molecule is Cc1ccc(/C=C2/N=C(c3sc4cc(Cl)ccc4c3Cl)OC2=O)cc1. The maximum absolute atomic E-state index is 12.1. The van der Waals surface area contributed by atoms with Crippen molar-refractivity contribution >= 4 is 62.6 Å². The van der Waals surface area contributed by atoms with E-state index in [0.29, 0.717) is 14.9 Å². The quantitative estimate of drug-likeness (QED) is 0.407. The average Bonchev–Trinajstić information content (AvgIpc) is 3.10. The second-order valence-corrected chi connectivity index (χ2v) is 7.50. The molecule has 0 saturated heterocycles. The van der Waals surface area contributed by atoms with Crippen molar-refractivity contribution < 1.29 is 9.53 Å². The highest BCUT2D eigenvalue weighted by Gasteiger charge is 2.28. The molecule has 1 aromatic heterocycles. The molecule has 0 saturated carbocycles. The zero-order valence-electron chi connectivity index (χ0n) is 13.0. The fourth-order valence-electron chi connectivity index (χ4n) is 2.50. The Kier molecular flexibility index (Phi) is 4.12. The van der Waals surface area contributed by atoms with Crippen LogP contribution in [0, 0.1) is 6.92 Å². The van der Waals surface area contributed by atoms with Gasteiger partial charge < -0.3 is 4.74 Å². The summed E-state index contributed by atoms with van der Waals surface area (Å²) in [6.07, 6.45) is 1.70. The number of hydrogen-bond donors (Lipinski definition) is 0. The molecule has 6 heteroatoms. The number of rotatable bonds is 2. The zero-order chi connectivity index (χ0) is 17.6. The van der Waals surface area contributed by atoms with Gasteiger partial charge in [-0.1, -0.05) is 59.1 Å². The van der Waals surface area contributed by atoms with E-state index in [-0.39, 0.29) is 11.6 Å². The molecule has 0 bridgehead atoms. The summed E-state index contributed by atoms with van der Waals surface area (Å²) in [7, 11) is 0. The first-order valence-corrected chi connectivity index (χ1v) is 9.05. The lowest BCUT2D eigenvalue weighted by Gasteiger charge is -1.96. The van der Waals surface area contributed by atoms with E-state index in [9.17, 15) is 4.79 Å². The van der Waals surface area contributed by atoms with Gasteiger partial charge in [0.1, 0.15) is 4.88 Å². The lowest BCUT2D eigenvalue weighted by Crippen LogP contribution is -2.04. The summed E-state index contributed by atoms with van der Waals surface area (Å²) in [5.41, 5.74) is 2.29. The van der Waals surface area contributed by atoms with Crippen molar-refractivity contribution in [3.63, 3.8) is 0 Å². The molecule has 2 aromatic carbocycles. The molecule has 4 rings (SSSR count). The Bertz CT molecular complexity index is 1060. The van der Waals surface area contributed by atoms with Crippen molar-refractivity contribution in [2.24, 2.45) is 4.99 Å². The Morgan fingerprint density at radius 2 is 1.88 bits per heavy atom. The van der Waals surface area contributed by atoms with Crippen molar-refractivity contribution in [3.05, 3.63) is 74.2 Å². The molecule has 0 amide bonds. The number of aryl methyl sites for hydroxylation is 1. The molecule has 0 radical (unpaired) electrons. The largest absolute Gasteiger partial charge is 0.401 e. The number of ether oxygens (including phenoxy) is 1. The molecule has 1 aliphatic rings. The van der Waals surface area contributed by atoms with Gasteiger partial charge in [-0.3, -0.25) is 0 Å². The van der Waals surface area contributed by atoms with Crippen molar-refractivity contribution in [2.45, 2.75) is 6.92 Å². The summed E-state index contributed by atoms with van der Waals surface area (Å²) in [6, 6.07) is 13.3. The third-order valence-electron chi connectivity index (χ3n) is 3.79. The van der Waals surface area contributed by atoms with Gasteiger partial charge in [0.25, 0.3) is 0 Å². The number of thiophene rings is 1. The van der Waals surface area contributed by atoms with E-state index in [2.05, 4.69) is 4.99 Å². The predicted molar refractivity (Wildman–Crippen MR) is 104 cm³/mol. The summed E-state index contributed by atoms with van der Waals surface area (Å²) in [5.74, 6) is -0.257. The van der Waals surface area contributed by atoms with Crippen molar-refractivity contribution in [3.8, 4) is 0 Å². The molecule has 0 unspecified atom stereocenters. The van der Waals surface area contributed by atoms with Crippen LogP contribution in [-0.4, -0.2) is 11.9 Å². The fourth-order valence-corrected chi connectivity index (χ4v) is 4.22. The summed E-state index contributed by atoms with van der Waals surface area (Å²) < 4.78 is 6.25. The predicted octanol–water partition coefficient (Wildman–Crippen LogP) is 5.86. The smallest absolute Gasteiger partial charge is 0.363 e. The molecule has 124 valence electrons. The van der Waals surface area contributed by atoms with Crippen LogP contribution in [0.2, 0.25) is 10.0 Å². The zero-order valence-corrected chi connectivity index (χ0v) is 15.4. The molecular formula is C19H11Cl2NO2S. The minimum atomic E-state index is -0.484. The molecular weight excluding hydrogens is 377 g/mol. The fraction of sp³-hybridized carbons (Fsp3) is 0.0526. The average molecular weight is 388 g/mol. The highest BCUT2D eigenvalue weighted by molar-refractivity contribution is 7.21. The van der Waals surface area contributed by atoms with E-state index in [4.69, 9.17) is 27.9 Å². The molecule has 25 heavy (non-hydrogen) atoms. The topological polar surface area (TPSA) is 38.7 Å². The second kappa shape index (κ2) is 6.30. The van der Waals surface area contributed by atoms with Crippen LogP contribution in [0.25, 0.3) is 16.2 Å². The Morgan fingerprint density at radius 3 is 2.64 bits per heavy atom. The highest BCUT2D eigenvalue weighted by atomic mass is 35.5. The summed E-state index contributed by atoms with van der Waals surface area (Å²) in [5, 5.41) is 2.00. The maximum Gasteiger partial charge on any atom is 0.363 e. The van der Waals surface area contributed by atoms with Gasteiger partial charge in [0.2, 0.25) is 5.90 Å². The summed E-state index contributed by atoms with van der Waals surface area (Å²) in [6.45, 7) is 2.01. The van der Waals surface area contributed by atoms with E-state index in [1.165, 1.54) is 11.3 Å². The highest BCUT2D eigenvalue weighted by Crippen LogP contribution is 2.38. The first kappa shape index (κ1) is 16.3. The minimum absolute atomic E-state index is 0.227. The van der Waals surface area contributed by atoms with E-state index in [1.54, 1.807) is 12.1 Å². The minimum Gasteiger partial charge on any atom is -0.401 e. The Morgan fingerprint density at radius 1 is 1.12 bits per heavy atom. The normalized spacial score (nSPS) is 15.7. The second-order valence-electron chi connectivity index (χ2n) is 5.63. The van der Waals surface area contributed by atoms with Crippen molar-refractivity contribution in [1.82, 2.24) is 0 Å². The third kappa shape index (κ3) is 3.09. The van der Waals surface area contributed by atoms with Gasteiger partial charge in [-0.2, -0.15) is 0 Å². The third-order valence-corrected chi connectivity index (χ3v) is 5.67. The van der Waals surface area contributed by atoms with Gasteiger partial charge in [0.15, 0.2) is 5.70 Å². The van der Waals surface area contributed by atoms with Crippen LogP contribution in [0.5, 0.6) is 0 Å². The maximum atomic E-state index is 12.1. The lowest BCUT2D eigenvalue weighted by molar-refractivity contribution is -0.129. The van der Waals surface area contributed by atoms with Crippen LogP contribution in [0.1, 0.15) is 16.0 Å². The van der Waals surface area contributed by atoms with Gasteiger partial charge in [0, 0.05) is 15.1 Å². The molecule has 0 atom stereocenters. The molecule has 0 fully saturated rings. The lowest BCUT2D eigenvalue weighted by atomic mass is 10.1. The number of carbonyl (C=O) groups excluding carboxylic acids is 1. The number of cyclic esters (lactones) is 1. The van der Waals surface area contributed by atoms with Gasteiger partial charge in [-0.05, 0) is 30.7 Å². The first-order valence-electron chi connectivity index (χ1n) is 7.48. The number of fused-ring (bicyclic) bond motifs is 1. The van der Waals surface area contributed by atoms with Crippen molar-refractivity contribution in [2.75, 3.05) is 0 Å². The number of hydrogen-bond acceptors (Lipinski definition) is 4. The molecule has 0 spiro atoms. The van der Waals surface area contributed by atoms with Gasteiger partial charge in [-0.25, -0.2) is 9.79 Å². The number of halogens is 2. The van der Waals surface area contributed by atoms with E-state index >= 15 is 0 Å². The Balaban J connectivity index is 1.75. The number of esters is 1. The van der Waals surface area contributed by atoms with Crippen LogP contribution >= 0.6 is 34.5 Å². The monoisotopic (exact) mass is 387 g/mol. The van der Waals surface area contributed by atoms with Crippen LogP contribution in [-0.2, 0) is 9.53 Å². The standard InChI is InChI=1S/C19H11Cl2NO2S/c1-10-2-4-11(5-3-10)8-14-19(23)24-18(22-14)17-16(21)13-7-6-12(20)9-15(13)25-17/h2-9H,1H3/b14-8+. The van der Waals surface area contributed by atoms with E-state index in [0.717, 1.165) is 21.2 Å². The van der Waals surface area contributed by atoms with Crippen LogP contribution in [0.4, 0.5) is 0 Å². The molecule has 2 heterocycles. The van der Waals surface area contributed by atoms with Gasteiger partial charge >= 0.3 is 5.97 Å². The number of nitrogens with zero attached hydrogens (tertiary/aromatic N) is 1. The first-order chi connectivity index (χ1) is 12.0. The molecule has 3 nitrogen and oxygen atoms in total. The molecule has 1 aliphatic heterocycles. The molecule has 0 N–H and O–H groups in total. The van der Waals surface area contributed by atoms with Gasteiger partial charge in [-0.15, -0.1) is 11.3 Å². The van der Waals surface area contributed by atoms with Crippen molar-refractivity contribution in [1.29, 1.82) is 0 Å². The summed E-state index contributed by atoms with van der Waals surface area (Å²) in [4.78, 5) is 17.1. The Labute approximate surface area is 158 Å². The van der Waals surface area contributed by atoms with Crippen LogP contribution in [0.3, 0.4) is 0 Å². The van der Waals surface area contributed by atoms with Crippen LogP contribution < -0.4 is 0 Å². The van der Waals surface area contributed by atoms with E-state index < -0.39 is 5.97 Å². The molecule has 0 aliphatic carbocycles. The van der Waals surface area contributed by atoms with Gasteiger partial charge in [0.05, 0.1) is 5.02 Å². The number of carbonyl (C=O) groups is 1.